The summed E-state index contributed by atoms with van der Waals surface area (Å²) in [5.74, 6) is -0.0260. The Bertz CT molecular complexity index is 2100. The number of nitriles is 1. The zero-order valence-corrected chi connectivity index (χ0v) is 32.4. The van der Waals surface area contributed by atoms with Crippen molar-refractivity contribution >= 4 is 46.8 Å². The van der Waals surface area contributed by atoms with Crippen LogP contribution in [0.5, 0.6) is 11.5 Å². The molecule has 4 fully saturated rings. The van der Waals surface area contributed by atoms with E-state index in [1.54, 1.807) is 30.3 Å². The largest absolute Gasteiger partial charge is 0.490 e. The number of nitrogens with one attached hydrogen (secondary N) is 1. The van der Waals surface area contributed by atoms with Crippen LogP contribution in [-0.4, -0.2) is 108 Å². The number of ether oxygens (including phenoxy) is 2. The molecule has 3 aromatic carbocycles. The molecular formula is C43H45ClN6O7. The van der Waals surface area contributed by atoms with Crippen LogP contribution >= 0.6 is 11.6 Å². The minimum absolute atomic E-state index is 0.0322. The van der Waals surface area contributed by atoms with Crippen LogP contribution in [0.4, 0.5) is 5.69 Å². The SMILES string of the molecule is N#Cc1ccc(OC2CCC(Oc3ccc(C(=O)N4CCN(CC5CCN(c6ccc7c(c6)C(=O)N(C6CCC(=O)NC6=O)C7=O)CC5)CC4)cc3)CC2)cc1Cl. The van der Waals surface area contributed by atoms with Crippen LogP contribution in [0.15, 0.2) is 60.7 Å². The number of imide groups is 2. The summed E-state index contributed by atoms with van der Waals surface area (Å²) in [6.45, 7) is 5.61. The van der Waals surface area contributed by atoms with Gasteiger partial charge < -0.3 is 19.3 Å². The van der Waals surface area contributed by atoms with Gasteiger partial charge in [0.05, 0.1) is 33.9 Å². The number of carbonyl (C=O) groups is 5. The number of piperazine rings is 1. The molecule has 4 heterocycles. The van der Waals surface area contributed by atoms with Crippen molar-refractivity contribution in [3.8, 4) is 17.6 Å². The van der Waals surface area contributed by atoms with Crippen LogP contribution in [0, 0.1) is 17.2 Å². The van der Waals surface area contributed by atoms with E-state index in [2.05, 4.69) is 21.2 Å². The van der Waals surface area contributed by atoms with Gasteiger partial charge in [-0.05, 0) is 105 Å². The fourth-order valence-electron chi connectivity index (χ4n) is 8.70. The second-order valence-corrected chi connectivity index (χ2v) is 16.0. The third kappa shape index (κ3) is 8.34. The average molecular weight is 793 g/mol. The Hall–Kier alpha value is -5.45. The van der Waals surface area contributed by atoms with Crippen LogP contribution in [0.1, 0.15) is 88.0 Å². The number of anilines is 1. The second kappa shape index (κ2) is 16.6. The van der Waals surface area contributed by atoms with Gasteiger partial charge in [-0.15, -0.1) is 0 Å². The van der Waals surface area contributed by atoms with E-state index in [4.69, 9.17) is 26.3 Å². The number of nitrogens with zero attached hydrogens (tertiary/aromatic N) is 5. The summed E-state index contributed by atoms with van der Waals surface area (Å²) < 4.78 is 12.4. The van der Waals surface area contributed by atoms with Crippen molar-refractivity contribution in [2.75, 3.05) is 50.7 Å². The molecule has 0 radical (unpaired) electrons. The molecule has 1 N–H and O–H groups in total. The van der Waals surface area contributed by atoms with Crippen molar-refractivity contribution in [3.63, 3.8) is 0 Å². The van der Waals surface area contributed by atoms with Crippen molar-refractivity contribution in [1.29, 1.82) is 5.26 Å². The molecule has 8 rings (SSSR count). The van der Waals surface area contributed by atoms with Crippen LogP contribution in [-0.2, 0) is 9.59 Å². The van der Waals surface area contributed by atoms with E-state index in [1.165, 1.54) is 0 Å². The quantitative estimate of drug-likeness (QED) is 0.291. The Labute approximate surface area is 336 Å². The summed E-state index contributed by atoms with van der Waals surface area (Å²) in [7, 11) is 0. The van der Waals surface area contributed by atoms with Crippen LogP contribution < -0.4 is 19.7 Å². The van der Waals surface area contributed by atoms with Crippen molar-refractivity contribution in [2.24, 2.45) is 5.92 Å². The van der Waals surface area contributed by atoms with Gasteiger partial charge in [0.15, 0.2) is 0 Å². The normalized spacial score (nSPS) is 23.2. The van der Waals surface area contributed by atoms with Gasteiger partial charge in [-0.25, -0.2) is 0 Å². The lowest BCUT2D eigenvalue weighted by atomic mass is 9.95. The van der Waals surface area contributed by atoms with Crippen molar-refractivity contribution in [1.82, 2.24) is 20.0 Å². The first kappa shape index (κ1) is 38.4. The minimum Gasteiger partial charge on any atom is -0.490 e. The maximum absolute atomic E-state index is 13.4. The van der Waals surface area contributed by atoms with Gasteiger partial charge in [-0.2, -0.15) is 5.26 Å². The number of hydrogen-bond donors (Lipinski definition) is 1. The molecule has 3 aromatic rings. The maximum Gasteiger partial charge on any atom is 0.262 e. The standard InChI is InChI=1S/C43H45ClN6O7/c44-37-24-34(7-3-29(37)25-45)57-33-10-8-32(9-11-33)56-31-5-1-28(2-6-31)41(53)49-21-19-47(20-22-49)26-27-15-17-48(18-16-27)30-4-12-35-36(23-30)43(55)50(42(35)54)38-13-14-39(51)46-40(38)52/h1-7,12,23-24,27,32-33,38H,8-11,13-22,26H2,(H,46,51,52). The molecule has 4 aliphatic heterocycles. The summed E-state index contributed by atoms with van der Waals surface area (Å²) in [4.78, 5) is 71.5. The van der Waals surface area contributed by atoms with Crippen molar-refractivity contribution in [2.45, 2.75) is 69.6 Å². The molecule has 1 aliphatic carbocycles. The fraction of sp³-hybridized carbons (Fsp3) is 0.442. The molecule has 1 unspecified atom stereocenters. The van der Waals surface area contributed by atoms with Crippen molar-refractivity contribution in [3.05, 3.63) is 87.9 Å². The van der Waals surface area contributed by atoms with Gasteiger partial charge in [0.2, 0.25) is 11.8 Å². The number of rotatable bonds is 9. The molecule has 3 saturated heterocycles. The Morgan fingerprint density at radius 2 is 1.40 bits per heavy atom. The minimum atomic E-state index is -0.977. The molecule has 0 bridgehead atoms. The Morgan fingerprint density at radius 1 is 0.754 bits per heavy atom. The zero-order valence-electron chi connectivity index (χ0n) is 31.7. The fourth-order valence-corrected chi connectivity index (χ4v) is 8.91. The number of halogens is 1. The third-order valence-electron chi connectivity index (χ3n) is 12.0. The van der Waals surface area contributed by atoms with Gasteiger partial charge in [0.25, 0.3) is 17.7 Å². The van der Waals surface area contributed by atoms with E-state index in [9.17, 15) is 24.0 Å². The lowest BCUT2D eigenvalue weighted by molar-refractivity contribution is -0.136. The van der Waals surface area contributed by atoms with E-state index >= 15 is 0 Å². The molecule has 0 spiro atoms. The first-order valence-electron chi connectivity index (χ1n) is 19.9. The highest BCUT2D eigenvalue weighted by Crippen LogP contribution is 2.33. The second-order valence-electron chi connectivity index (χ2n) is 15.6. The van der Waals surface area contributed by atoms with Gasteiger partial charge in [0, 0.05) is 69.6 Å². The third-order valence-corrected chi connectivity index (χ3v) is 12.3. The first-order chi connectivity index (χ1) is 27.6. The van der Waals surface area contributed by atoms with Gasteiger partial charge in [-0.3, -0.25) is 39.1 Å². The molecule has 57 heavy (non-hydrogen) atoms. The molecule has 5 aliphatic rings. The predicted molar refractivity (Wildman–Crippen MR) is 210 cm³/mol. The monoisotopic (exact) mass is 792 g/mol. The van der Waals surface area contributed by atoms with Crippen LogP contribution in [0.3, 0.4) is 0 Å². The summed E-state index contributed by atoms with van der Waals surface area (Å²) in [6, 6.07) is 19.0. The van der Waals surface area contributed by atoms with E-state index in [0.29, 0.717) is 46.5 Å². The summed E-state index contributed by atoms with van der Waals surface area (Å²) >= 11 is 6.16. The van der Waals surface area contributed by atoms with E-state index < -0.39 is 29.7 Å². The van der Waals surface area contributed by atoms with Crippen LogP contribution in [0.2, 0.25) is 5.02 Å². The van der Waals surface area contributed by atoms with E-state index in [-0.39, 0.29) is 36.5 Å². The highest BCUT2D eigenvalue weighted by atomic mass is 35.5. The van der Waals surface area contributed by atoms with E-state index in [0.717, 1.165) is 87.6 Å². The smallest absolute Gasteiger partial charge is 0.262 e. The topological polar surface area (TPSA) is 153 Å². The van der Waals surface area contributed by atoms with Gasteiger partial charge in [0.1, 0.15) is 23.6 Å². The zero-order chi connectivity index (χ0) is 39.6. The molecule has 14 heteroatoms. The van der Waals surface area contributed by atoms with Gasteiger partial charge >= 0.3 is 0 Å². The number of piperidine rings is 2. The molecule has 0 aromatic heterocycles. The predicted octanol–water partition coefficient (Wildman–Crippen LogP) is 5.06. The molecule has 296 valence electrons. The first-order valence-corrected chi connectivity index (χ1v) is 20.3. The molecular weight excluding hydrogens is 748 g/mol. The van der Waals surface area contributed by atoms with E-state index in [1.807, 2.05) is 35.2 Å². The summed E-state index contributed by atoms with van der Waals surface area (Å²) in [5.41, 5.74) is 2.56. The summed E-state index contributed by atoms with van der Waals surface area (Å²) in [5, 5.41) is 11.7. The average Bonchev–Trinajstić information content (AvgIpc) is 3.47. The number of amides is 5. The lowest BCUT2D eigenvalue weighted by Crippen LogP contribution is -2.54. The van der Waals surface area contributed by atoms with Gasteiger partial charge in [-0.1, -0.05) is 11.6 Å². The molecule has 1 saturated carbocycles. The van der Waals surface area contributed by atoms with Crippen LogP contribution in [0.25, 0.3) is 0 Å². The Morgan fingerprint density at radius 3 is 2.05 bits per heavy atom. The number of carbonyl (C=O) groups excluding carboxylic acids is 5. The summed E-state index contributed by atoms with van der Waals surface area (Å²) in [6.07, 6.45) is 5.75. The highest BCUT2D eigenvalue weighted by Gasteiger charge is 2.45. The number of benzene rings is 3. The lowest BCUT2D eigenvalue weighted by Gasteiger charge is -2.39. The van der Waals surface area contributed by atoms with Crippen molar-refractivity contribution < 1.29 is 33.4 Å². The molecule has 1 atom stereocenters. The molecule has 13 nitrogen and oxygen atoms in total. The molecule has 5 amide bonds. The Balaban J connectivity index is 0.752. The number of hydrogen-bond acceptors (Lipinski definition) is 10. The maximum atomic E-state index is 13.4. The Kier molecular flexibility index (Phi) is 11.2. The number of fused-ring (bicyclic) bond motifs is 1. The highest BCUT2D eigenvalue weighted by molar-refractivity contribution is 6.31.